The molecule has 0 unspecified atom stereocenters. The second-order valence-corrected chi connectivity index (χ2v) is 4.91. The molecule has 0 atom stereocenters. The Balaban J connectivity index is 1.96. The zero-order valence-electron chi connectivity index (χ0n) is 11.5. The van der Waals surface area contributed by atoms with Gasteiger partial charge in [-0.05, 0) is 30.7 Å². The third kappa shape index (κ3) is 3.51. The summed E-state index contributed by atoms with van der Waals surface area (Å²) in [5.41, 5.74) is 2.39. The monoisotopic (exact) mass is 292 g/mol. The van der Waals surface area contributed by atoms with Crippen LogP contribution in [0.1, 0.15) is 15.9 Å². The molecule has 0 radical (unpaired) electrons. The van der Waals surface area contributed by atoms with Gasteiger partial charge >= 0.3 is 0 Å². The van der Waals surface area contributed by atoms with Gasteiger partial charge in [0.15, 0.2) is 0 Å². The minimum Gasteiger partial charge on any atom is -0.387 e. The molecule has 20 heavy (non-hydrogen) atoms. The number of halogens is 1. The Bertz CT molecular complexity index is 609. The highest BCUT2D eigenvalue weighted by molar-refractivity contribution is 6.31. The number of nitrogens with one attached hydrogen (secondary N) is 2. The lowest BCUT2D eigenvalue weighted by molar-refractivity contribution is 0.0952. The van der Waals surface area contributed by atoms with Crippen molar-refractivity contribution >= 4 is 23.2 Å². The summed E-state index contributed by atoms with van der Waals surface area (Å²) >= 11 is 5.93. The molecule has 1 heterocycles. The molecule has 6 heteroatoms. The highest BCUT2D eigenvalue weighted by Gasteiger charge is 2.10. The molecule has 0 saturated carbocycles. The molecular weight excluding hydrogens is 276 g/mol. The highest BCUT2D eigenvalue weighted by Crippen LogP contribution is 2.20. The zero-order valence-corrected chi connectivity index (χ0v) is 12.2. The van der Waals surface area contributed by atoms with Gasteiger partial charge in [-0.2, -0.15) is 5.10 Å². The fraction of sp³-hybridized carbons (Fsp3) is 0.286. The van der Waals surface area contributed by atoms with Crippen molar-refractivity contribution in [2.45, 2.75) is 13.5 Å². The van der Waals surface area contributed by atoms with Crippen LogP contribution in [0.25, 0.3) is 0 Å². The van der Waals surface area contributed by atoms with Gasteiger partial charge in [0.1, 0.15) is 0 Å². The van der Waals surface area contributed by atoms with Crippen LogP contribution in [0.5, 0.6) is 0 Å². The number of carbonyl (C=O) groups is 1. The van der Waals surface area contributed by atoms with Gasteiger partial charge < -0.3 is 10.6 Å². The van der Waals surface area contributed by atoms with Gasteiger partial charge in [0.05, 0.1) is 18.3 Å². The Kier molecular flexibility index (Phi) is 4.63. The van der Waals surface area contributed by atoms with Crippen LogP contribution >= 0.6 is 11.6 Å². The number of hydrogen-bond donors (Lipinski definition) is 2. The lowest BCUT2D eigenvalue weighted by Crippen LogP contribution is -2.28. The van der Waals surface area contributed by atoms with E-state index in [2.05, 4.69) is 15.7 Å². The first-order valence-corrected chi connectivity index (χ1v) is 6.72. The van der Waals surface area contributed by atoms with Crippen molar-refractivity contribution in [1.82, 2.24) is 15.1 Å². The van der Waals surface area contributed by atoms with E-state index in [1.165, 1.54) is 0 Å². The van der Waals surface area contributed by atoms with Crippen LogP contribution in [0.15, 0.2) is 30.6 Å². The normalized spacial score (nSPS) is 10.3. The standard InChI is InChI=1S/C14H17ClN4O/c1-10-8-18-19(9-10)6-5-17-14(20)12-7-11(15)3-4-13(12)16-2/h3-4,7-9,16H,5-6H2,1-2H3,(H,17,20). The minimum absolute atomic E-state index is 0.152. The van der Waals surface area contributed by atoms with E-state index in [0.29, 0.717) is 23.7 Å². The average molecular weight is 293 g/mol. The molecule has 0 aliphatic heterocycles. The van der Waals surface area contributed by atoms with Crippen LogP contribution in [0, 0.1) is 6.92 Å². The maximum Gasteiger partial charge on any atom is 0.253 e. The average Bonchev–Trinajstić information content (AvgIpc) is 2.84. The summed E-state index contributed by atoms with van der Waals surface area (Å²) in [5.74, 6) is -0.152. The molecule has 0 bridgehead atoms. The number of nitrogens with zero attached hydrogens (tertiary/aromatic N) is 2. The van der Waals surface area contributed by atoms with E-state index >= 15 is 0 Å². The molecular formula is C14H17ClN4O. The first-order chi connectivity index (χ1) is 9.60. The number of hydrogen-bond acceptors (Lipinski definition) is 3. The van der Waals surface area contributed by atoms with Gasteiger partial charge in [-0.25, -0.2) is 0 Å². The van der Waals surface area contributed by atoms with Crippen molar-refractivity contribution in [2.75, 3.05) is 18.9 Å². The van der Waals surface area contributed by atoms with E-state index in [1.54, 1.807) is 36.1 Å². The smallest absolute Gasteiger partial charge is 0.253 e. The Hall–Kier alpha value is -2.01. The van der Waals surface area contributed by atoms with E-state index in [1.807, 2.05) is 13.1 Å². The fourth-order valence-electron chi connectivity index (χ4n) is 1.89. The largest absolute Gasteiger partial charge is 0.387 e. The number of carbonyl (C=O) groups excluding carboxylic acids is 1. The first-order valence-electron chi connectivity index (χ1n) is 6.34. The van der Waals surface area contributed by atoms with Crippen LogP contribution in [0.4, 0.5) is 5.69 Å². The Morgan fingerprint density at radius 3 is 2.90 bits per heavy atom. The van der Waals surface area contributed by atoms with Gasteiger partial charge in [0.2, 0.25) is 0 Å². The molecule has 1 aromatic heterocycles. The lowest BCUT2D eigenvalue weighted by atomic mass is 10.1. The van der Waals surface area contributed by atoms with Gasteiger partial charge in [0, 0.05) is 30.5 Å². The molecule has 2 N–H and O–H groups in total. The number of aryl methyl sites for hydroxylation is 1. The van der Waals surface area contributed by atoms with Crippen molar-refractivity contribution < 1.29 is 4.79 Å². The van der Waals surface area contributed by atoms with Crippen LogP contribution in [0.3, 0.4) is 0 Å². The third-order valence-electron chi connectivity index (χ3n) is 2.88. The number of amides is 1. The second-order valence-electron chi connectivity index (χ2n) is 4.48. The van der Waals surface area contributed by atoms with E-state index in [-0.39, 0.29) is 5.91 Å². The zero-order chi connectivity index (χ0) is 14.5. The molecule has 1 amide bonds. The van der Waals surface area contributed by atoms with Gasteiger partial charge in [0.25, 0.3) is 5.91 Å². The highest BCUT2D eigenvalue weighted by atomic mass is 35.5. The molecule has 0 aliphatic rings. The Labute approximate surface area is 122 Å². The van der Waals surface area contributed by atoms with Crippen LogP contribution in [-0.4, -0.2) is 29.3 Å². The molecule has 2 rings (SSSR count). The summed E-state index contributed by atoms with van der Waals surface area (Å²) < 4.78 is 1.80. The second kappa shape index (κ2) is 6.43. The Morgan fingerprint density at radius 2 is 2.25 bits per heavy atom. The Morgan fingerprint density at radius 1 is 1.45 bits per heavy atom. The summed E-state index contributed by atoms with van der Waals surface area (Å²) in [5, 5.41) is 10.5. The summed E-state index contributed by atoms with van der Waals surface area (Å²) in [7, 11) is 1.77. The van der Waals surface area contributed by atoms with Gasteiger partial charge in [-0.3, -0.25) is 9.48 Å². The van der Waals surface area contributed by atoms with Crippen molar-refractivity contribution in [1.29, 1.82) is 0 Å². The molecule has 5 nitrogen and oxygen atoms in total. The maximum absolute atomic E-state index is 12.1. The van der Waals surface area contributed by atoms with Gasteiger partial charge in [-0.1, -0.05) is 11.6 Å². The van der Waals surface area contributed by atoms with Crippen molar-refractivity contribution in [3.63, 3.8) is 0 Å². The van der Waals surface area contributed by atoms with Gasteiger partial charge in [-0.15, -0.1) is 0 Å². The lowest BCUT2D eigenvalue weighted by Gasteiger charge is -2.10. The molecule has 2 aromatic rings. The SMILES string of the molecule is CNc1ccc(Cl)cc1C(=O)NCCn1cc(C)cn1. The van der Waals surface area contributed by atoms with E-state index in [0.717, 1.165) is 11.3 Å². The minimum atomic E-state index is -0.152. The predicted molar refractivity (Wildman–Crippen MR) is 80.3 cm³/mol. The summed E-state index contributed by atoms with van der Waals surface area (Å²) in [6.45, 7) is 3.12. The predicted octanol–water partition coefficient (Wildman–Crippen LogP) is 2.32. The molecule has 0 fully saturated rings. The summed E-state index contributed by atoms with van der Waals surface area (Å²) in [6, 6.07) is 5.19. The van der Waals surface area contributed by atoms with Crippen LogP contribution < -0.4 is 10.6 Å². The molecule has 0 aliphatic carbocycles. The first kappa shape index (κ1) is 14.4. The number of rotatable bonds is 5. The van der Waals surface area contributed by atoms with Crippen LogP contribution in [0.2, 0.25) is 5.02 Å². The third-order valence-corrected chi connectivity index (χ3v) is 3.12. The summed E-state index contributed by atoms with van der Waals surface area (Å²) in [4.78, 5) is 12.1. The molecule has 106 valence electrons. The topological polar surface area (TPSA) is 59.0 Å². The molecule has 1 aromatic carbocycles. The van der Waals surface area contributed by atoms with E-state index < -0.39 is 0 Å². The fourth-order valence-corrected chi connectivity index (χ4v) is 2.06. The van der Waals surface area contributed by atoms with E-state index in [9.17, 15) is 4.79 Å². The summed E-state index contributed by atoms with van der Waals surface area (Å²) in [6.07, 6.45) is 3.72. The van der Waals surface area contributed by atoms with Crippen molar-refractivity contribution in [3.8, 4) is 0 Å². The van der Waals surface area contributed by atoms with Crippen molar-refractivity contribution in [2.24, 2.45) is 0 Å². The number of benzene rings is 1. The molecule has 0 saturated heterocycles. The van der Waals surface area contributed by atoms with Crippen LogP contribution in [-0.2, 0) is 6.54 Å². The number of anilines is 1. The van der Waals surface area contributed by atoms with Crippen molar-refractivity contribution in [3.05, 3.63) is 46.7 Å². The van der Waals surface area contributed by atoms with E-state index in [4.69, 9.17) is 11.6 Å². The number of aromatic nitrogens is 2. The quantitative estimate of drug-likeness (QED) is 0.889. The maximum atomic E-state index is 12.1. The molecule has 0 spiro atoms.